The fourth-order valence-electron chi connectivity index (χ4n) is 4.29. The molecule has 4 rings (SSSR count). The number of nitriles is 1. The molecule has 1 aromatic carbocycles. The van der Waals surface area contributed by atoms with Gasteiger partial charge < -0.3 is 19.8 Å². The predicted molar refractivity (Wildman–Crippen MR) is 114 cm³/mol. The second-order valence-corrected chi connectivity index (χ2v) is 8.07. The second kappa shape index (κ2) is 8.55. The van der Waals surface area contributed by atoms with Gasteiger partial charge in [-0.1, -0.05) is 43.1 Å². The molecular weight excluding hydrogens is 402 g/mol. The molecule has 156 valence electrons. The Bertz CT molecular complexity index is 1090. The summed E-state index contributed by atoms with van der Waals surface area (Å²) in [5, 5.41) is 10.3. The van der Waals surface area contributed by atoms with Crippen molar-refractivity contribution in [1.82, 2.24) is 4.57 Å². The molecule has 0 bridgehead atoms. The van der Waals surface area contributed by atoms with Crippen molar-refractivity contribution in [2.45, 2.75) is 51.2 Å². The van der Waals surface area contributed by atoms with Crippen molar-refractivity contribution in [3.63, 3.8) is 0 Å². The minimum atomic E-state index is -0.675. The SMILES string of the molecule is CCCc1cc2c(c(=O)n1CC1CCCO1)C(c1ccccc1Cl)C(C#N)=C(N)O2. The van der Waals surface area contributed by atoms with E-state index in [-0.39, 0.29) is 23.1 Å². The first-order valence-corrected chi connectivity index (χ1v) is 10.6. The smallest absolute Gasteiger partial charge is 0.258 e. The van der Waals surface area contributed by atoms with E-state index in [1.54, 1.807) is 10.6 Å². The van der Waals surface area contributed by atoms with Gasteiger partial charge in [-0.25, -0.2) is 0 Å². The lowest BCUT2D eigenvalue weighted by Crippen LogP contribution is -2.35. The molecule has 1 saturated heterocycles. The van der Waals surface area contributed by atoms with Crippen molar-refractivity contribution in [2.75, 3.05) is 6.61 Å². The van der Waals surface area contributed by atoms with Crippen molar-refractivity contribution in [3.05, 3.63) is 74.0 Å². The molecule has 0 spiro atoms. The van der Waals surface area contributed by atoms with Gasteiger partial charge in [-0.2, -0.15) is 5.26 Å². The Morgan fingerprint density at radius 2 is 2.17 bits per heavy atom. The molecule has 0 saturated carbocycles. The number of nitrogens with two attached hydrogens (primary N) is 1. The summed E-state index contributed by atoms with van der Waals surface area (Å²) >= 11 is 6.46. The Kier molecular flexibility index (Phi) is 5.85. The van der Waals surface area contributed by atoms with Crippen LogP contribution in [0.25, 0.3) is 0 Å². The first-order chi connectivity index (χ1) is 14.5. The molecule has 0 amide bonds. The van der Waals surface area contributed by atoms with E-state index in [1.807, 2.05) is 24.3 Å². The first kappa shape index (κ1) is 20.5. The number of fused-ring (bicyclic) bond motifs is 1. The van der Waals surface area contributed by atoms with Crippen LogP contribution in [0.15, 0.2) is 46.6 Å². The van der Waals surface area contributed by atoms with Crippen LogP contribution in [-0.4, -0.2) is 17.3 Å². The third-order valence-corrected chi connectivity index (χ3v) is 6.05. The molecule has 30 heavy (non-hydrogen) atoms. The number of allylic oxidation sites excluding steroid dienone is 1. The minimum absolute atomic E-state index is 0.00800. The highest BCUT2D eigenvalue weighted by molar-refractivity contribution is 6.31. The summed E-state index contributed by atoms with van der Waals surface area (Å²) in [4.78, 5) is 13.8. The van der Waals surface area contributed by atoms with E-state index in [9.17, 15) is 10.1 Å². The standard InChI is InChI=1S/C23H24ClN3O3/c1-2-6-14-11-19-21(23(28)27(14)13-15-7-5-10-29-15)20(17(12-25)22(26)30-19)16-8-3-4-9-18(16)24/h3-4,8-9,11,15,20H,2,5-7,10,13,26H2,1H3. The number of pyridine rings is 1. The van der Waals surface area contributed by atoms with E-state index in [0.29, 0.717) is 28.4 Å². The van der Waals surface area contributed by atoms with Gasteiger partial charge in [0.25, 0.3) is 5.56 Å². The average molecular weight is 426 g/mol. The molecule has 0 radical (unpaired) electrons. The van der Waals surface area contributed by atoms with E-state index < -0.39 is 5.92 Å². The van der Waals surface area contributed by atoms with E-state index in [1.165, 1.54) is 0 Å². The maximum atomic E-state index is 13.8. The van der Waals surface area contributed by atoms with Crippen LogP contribution in [0.5, 0.6) is 5.75 Å². The molecule has 2 aliphatic heterocycles. The largest absolute Gasteiger partial charge is 0.440 e. The number of benzene rings is 1. The molecule has 2 unspecified atom stereocenters. The Labute approximate surface area is 180 Å². The lowest BCUT2D eigenvalue weighted by molar-refractivity contribution is 0.0952. The fourth-order valence-corrected chi connectivity index (χ4v) is 4.54. The highest BCUT2D eigenvalue weighted by atomic mass is 35.5. The number of halogens is 1. The highest BCUT2D eigenvalue weighted by Crippen LogP contribution is 2.42. The Balaban J connectivity index is 1.93. The number of rotatable bonds is 5. The summed E-state index contributed by atoms with van der Waals surface area (Å²) in [5.41, 5.74) is 8.03. The molecule has 6 nitrogen and oxygen atoms in total. The molecule has 2 N–H and O–H groups in total. The van der Waals surface area contributed by atoms with Gasteiger partial charge in [0.05, 0.1) is 24.1 Å². The van der Waals surface area contributed by atoms with Gasteiger partial charge >= 0.3 is 0 Å². The molecule has 0 aliphatic carbocycles. The van der Waals surface area contributed by atoms with Crippen LogP contribution in [0.4, 0.5) is 0 Å². The third kappa shape index (κ3) is 3.60. The van der Waals surface area contributed by atoms with E-state index in [2.05, 4.69) is 13.0 Å². The molecule has 3 heterocycles. The average Bonchev–Trinajstić information content (AvgIpc) is 3.24. The maximum Gasteiger partial charge on any atom is 0.258 e. The third-order valence-electron chi connectivity index (χ3n) is 5.70. The summed E-state index contributed by atoms with van der Waals surface area (Å²) in [5.74, 6) is -0.270. The van der Waals surface area contributed by atoms with Crippen molar-refractivity contribution in [1.29, 1.82) is 5.26 Å². The van der Waals surface area contributed by atoms with Crippen LogP contribution >= 0.6 is 11.6 Å². The number of hydrogen-bond donors (Lipinski definition) is 1. The van der Waals surface area contributed by atoms with Gasteiger partial charge in [0, 0.05) is 23.4 Å². The topological polar surface area (TPSA) is 90.3 Å². The number of nitrogens with zero attached hydrogens (tertiary/aromatic N) is 2. The van der Waals surface area contributed by atoms with Crippen molar-refractivity contribution >= 4 is 11.6 Å². The minimum Gasteiger partial charge on any atom is -0.440 e. The van der Waals surface area contributed by atoms with Gasteiger partial charge in [0.1, 0.15) is 17.4 Å². The number of ether oxygens (including phenoxy) is 2. The number of aryl methyl sites for hydroxylation is 1. The molecule has 1 fully saturated rings. The molecule has 2 aromatic rings. The van der Waals surface area contributed by atoms with Crippen molar-refractivity contribution in [2.24, 2.45) is 5.73 Å². The van der Waals surface area contributed by atoms with Crippen LogP contribution in [-0.2, 0) is 17.7 Å². The van der Waals surface area contributed by atoms with E-state index in [0.717, 1.165) is 38.0 Å². The van der Waals surface area contributed by atoms with Crippen LogP contribution in [0.3, 0.4) is 0 Å². The predicted octanol–water partition coefficient (Wildman–Crippen LogP) is 3.85. The monoisotopic (exact) mass is 425 g/mol. The summed E-state index contributed by atoms with van der Waals surface area (Å²) < 4.78 is 13.3. The van der Waals surface area contributed by atoms with Gasteiger partial charge in [-0.3, -0.25) is 4.79 Å². The molecule has 1 aromatic heterocycles. The van der Waals surface area contributed by atoms with E-state index >= 15 is 0 Å². The van der Waals surface area contributed by atoms with Gasteiger partial charge in [0.2, 0.25) is 5.88 Å². The molecule has 7 heteroatoms. The second-order valence-electron chi connectivity index (χ2n) is 7.66. The Morgan fingerprint density at radius 3 is 2.83 bits per heavy atom. The maximum absolute atomic E-state index is 13.8. The lowest BCUT2D eigenvalue weighted by atomic mass is 9.84. The summed E-state index contributed by atoms with van der Waals surface area (Å²) in [7, 11) is 0. The zero-order chi connectivity index (χ0) is 21.3. The van der Waals surface area contributed by atoms with Crippen LogP contribution in [0, 0.1) is 11.3 Å². The lowest BCUT2D eigenvalue weighted by Gasteiger charge is -2.28. The van der Waals surface area contributed by atoms with Gasteiger partial charge in [0.15, 0.2) is 0 Å². The van der Waals surface area contributed by atoms with Crippen molar-refractivity contribution < 1.29 is 9.47 Å². The Hall–Kier alpha value is -2.75. The number of hydrogen-bond acceptors (Lipinski definition) is 5. The zero-order valence-corrected chi connectivity index (χ0v) is 17.6. The van der Waals surface area contributed by atoms with Gasteiger partial charge in [-0.05, 0) is 30.9 Å². The quantitative estimate of drug-likeness (QED) is 0.785. The van der Waals surface area contributed by atoms with Crippen LogP contribution < -0.4 is 16.0 Å². The Morgan fingerprint density at radius 1 is 1.37 bits per heavy atom. The van der Waals surface area contributed by atoms with Gasteiger partial charge in [-0.15, -0.1) is 0 Å². The normalized spacial score (nSPS) is 20.6. The van der Waals surface area contributed by atoms with Crippen molar-refractivity contribution in [3.8, 4) is 11.8 Å². The first-order valence-electron chi connectivity index (χ1n) is 10.2. The van der Waals surface area contributed by atoms with Crippen LogP contribution in [0.1, 0.15) is 48.9 Å². The number of aromatic nitrogens is 1. The zero-order valence-electron chi connectivity index (χ0n) is 16.9. The van der Waals surface area contributed by atoms with E-state index in [4.69, 9.17) is 26.8 Å². The fraction of sp³-hybridized carbons (Fsp3) is 0.391. The molecule has 2 atom stereocenters. The highest BCUT2D eigenvalue weighted by Gasteiger charge is 2.36. The summed E-state index contributed by atoms with van der Waals surface area (Å²) in [6.07, 6.45) is 3.54. The summed E-state index contributed by atoms with van der Waals surface area (Å²) in [6, 6.07) is 11.2. The summed E-state index contributed by atoms with van der Waals surface area (Å²) in [6.45, 7) is 3.27. The molecule has 2 aliphatic rings. The van der Waals surface area contributed by atoms with Crippen LogP contribution in [0.2, 0.25) is 5.02 Å². The molecular formula is C23H24ClN3O3.